The molecule has 1 saturated carbocycles. The zero-order valence-corrected chi connectivity index (χ0v) is 15.9. The summed E-state index contributed by atoms with van der Waals surface area (Å²) in [5.41, 5.74) is 0.606. The Morgan fingerprint density at radius 1 is 1.31 bits per heavy atom. The van der Waals surface area contributed by atoms with Gasteiger partial charge >= 0.3 is 0 Å². The van der Waals surface area contributed by atoms with Crippen LogP contribution < -0.4 is 10.9 Å². The van der Waals surface area contributed by atoms with Crippen LogP contribution in [0, 0.1) is 12.8 Å². The third-order valence-electron chi connectivity index (χ3n) is 5.39. The molecular weight excluding hydrogens is 346 g/mol. The van der Waals surface area contributed by atoms with E-state index < -0.39 is 0 Å². The van der Waals surface area contributed by atoms with Gasteiger partial charge in [0, 0.05) is 16.1 Å². The van der Waals surface area contributed by atoms with Crippen molar-refractivity contribution >= 4 is 37.4 Å². The van der Waals surface area contributed by atoms with Crippen molar-refractivity contribution in [3.63, 3.8) is 0 Å². The molecule has 26 heavy (non-hydrogen) atoms. The van der Waals surface area contributed by atoms with Gasteiger partial charge in [-0.25, -0.2) is 4.68 Å². The highest BCUT2D eigenvalue weighted by atomic mass is 32.1. The Labute approximate surface area is 156 Å². The van der Waals surface area contributed by atoms with Gasteiger partial charge in [-0.05, 0) is 31.7 Å². The van der Waals surface area contributed by atoms with E-state index in [2.05, 4.69) is 17.3 Å². The van der Waals surface area contributed by atoms with E-state index in [1.54, 1.807) is 11.3 Å². The monoisotopic (exact) mass is 369 g/mol. The fourth-order valence-corrected chi connectivity index (χ4v) is 5.07. The number of nitrogens with zero attached hydrogens (tertiary/aromatic N) is 2. The lowest BCUT2D eigenvalue weighted by atomic mass is 9.86. The lowest BCUT2D eigenvalue weighted by molar-refractivity contribution is -0.123. The molecule has 0 saturated heterocycles. The van der Waals surface area contributed by atoms with Crippen LogP contribution in [-0.2, 0) is 11.3 Å². The molecule has 2 aromatic heterocycles. The first kappa shape index (κ1) is 17.2. The maximum atomic E-state index is 13.0. The van der Waals surface area contributed by atoms with Crippen LogP contribution in [0.3, 0.4) is 0 Å². The summed E-state index contributed by atoms with van der Waals surface area (Å²) >= 11 is 1.58. The lowest BCUT2D eigenvalue weighted by Gasteiger charge is -2.29. The number of hydrogen-bond acceptors (Lipinski definition) is 4. The molecule has 6 heteroatoms. The van der Waals surface area contributed by atoms with Gasteiger partial charge in [-0.2, -0.15) is 5.10 Å². The van der Waals surface area contributed by atoms with Gasteiger partial charge in [-0.1, -0.05) is 38.0 Å². The van der Waals surface area contributed by atoms with Crippen LogP contribution in [0.1, 0.15) is 38.3 Å². The van der Waals surface area contributed by atoms with E-state index >= 15 is 0 Å². The highest BCUT2D eigenvalue weighted by molar-refractivity contribution is 7.26. The second kappa shape index (κ2) is 6.83. The van der Waals surface area contributed by atoms with E-state index in [0.717, 1.165) is 39.7 Å². The molecule has 0 bridgehead atoms. The third-order valence-corrected chi connectivity index (χ3v) is 6.67. The highest BCUT2D eigenvalue weighted by Crippen LogP contribution is 2.32. The average Bonchev–Trinajstić information content (AvgIpc) is 3.02. The fraction of sp³-hybridized carbons (Fsp3) is 0.450. The molecule has 2 atom stereocenters. The molecule has 5 nitrogen and oxygen atoms in total. The summed E-state index contributed by atoms with van der Waals surface area (Å²) in [6.45, 7) is 4.06. The van der Waals surface area contributed by atoms with Crippen LogP contribution in [0.4, 0.5) is 0 Å². The minimum Gasteiger partial charge on any atom is -0.351 e. The van der Waals surface area contributed by atoms with Crippen molar-refractivity contribution in [1.82, 2.24) is 15.1 Å². The van der Waals surface area contributed by atoms with Crippen molar-refractivity contribution < 1.29 is 4.79 Å². The predicted molar refractivity (Wildman–Crippen MR) is 106 cm³/mol. The molecule has 1 N–H and O–H groups in total. The number of hydrogen-bond donors (Lipinski definition) is 1. The normalized spacial score (nSPS) is 20.5. The molecule has 1 amide bonds. The second-order valence-corrected chi connectivity index (χ2v) is 8.34. The van der Waals surface area contributed by atoms with Crippen molar-refractivity contribution in [2.24, 2.45) is 5.92 Å². The lowest BCUT2D eigenvalue weighted by Crippen LogP contribution is -2.43. The molecule has 4 rings (SSSR count). The Kier molecular flexibility index (Phi) is 4.53. The minimum atomic E-state index is -0.185. The Morgan fingerprint density at radius 3 is 2.88 bits per heavy atom. The van der Waals surface area contributed by atoms with E-state index in [4.69, 9.17) is 0 Å². The topological polar surface area (TPSA) is 64.0 Å². The van der Waals surface area contributed by atoms with Gasteiger partial charge in [0.2, 0.25) is 5.91 Å². The summed E-state index contributed by atoms with van der Waals surface area (Å²) in [5.74, 6) is 0.360. The van der Waals surface area contributed by atoms with Crippen LogP contribution >= 0.6 is 11.3 Å². The van der Waals surface area contributed by atoms with Gasteiger partial charge in [-0.3, -0.25) is 9.59 Å². The third kappa shape index (κ3) is 3.03. The Balaban J connectivity index is 1.66. The fourth-order valence-electron chi connectivity index (χ4n) is 3.94. The average molecular weight is 369 g/mol. The largest absolute Gasteiger partial charge is 0.351 e. The number of benzene rings is 1. The number of aryl methyl sites for hydroxylation is 1. The molecule has 0 spiro atoms. The molecule has 2 heterocycles. The smallest absolute Gasteiger partial charge is 0.276 e. The molecule has 1 aliphatic rings. The van der Waals surface area contributed by atoms with Crippen molar-refractivity contribution in [2.75, 3.05) is 0 Å². The second-order valence-electron chi connectivity index (χ2n) is 7.29. The van der Waals surface area contributed by atoms with Gasteiger partial charge in [0.25, 0.3) is 5.56 Å². The van der Waals surface area contributed by atoms with Gasteiger partial charge in [0.1, 0.15) is 6.54 Å². The number of aromatic nitrogens is 2. The first-order valence-electron chi connectivity index (χ1n) is 9.23. The van der Waals surface area contributed by atoms with Crippen molar-refractivity contribution in [3.8, 4) is 0 Å². The molecule has 0 unspecified atom stereocenters. The maximum Gasteiger partial charge on any atom is 0.276 e. The Hall–Kier alpha value is -2.21. The zero-order chi connectivity index (χ0) is 18.3. The van der Waals surface area contributed by atoms with Crippen LogP contribution in [-0.4, -0.2) is 21.7 Å². The number of fused-ring (bicyclic) bond motifs is 3. The van der Waals surface area contributed by atoms with Crippen LogP contribution in [0.25, 0.3) is 20.2 Å². The molecule has 1 aliphatic carbocycles. The molecule has 1 fully saturated rings. The summed E-state index contributed by atoms with van der Waals surface area (Å²) in [6.07, 6.45) is 4.55. The number of thiophene rings is 1. The molecule has 0 radical (unpaired) electrons. The number of rotatable bonds is 3. The summed E-state index contributed by atoms with van der Waals surface area (Å²) in [4.78, 5) is 25.5. The van der Waals surface area contributed by atoms with Gasteiger partial charge < -0.3 is 5.32 Å². The van der Waals surface area contributed by atoms with E-state index in [1.165, 1.54) is 11.1 Å². The number of carbonyl (C=O) groups excluding carboxylic acids is 1. The summed E-state index contributed by atoms with van der Waals surface area (Å²) in [5, 5.41) is 9.13. The molecule has 136 valence electrons. The minimum absolute atomic E-state index is 0.0248. The molecule has 1 aromatic carbocycles. The zero-order valence-electron chi connectivity index (χ0n) is 15.1. The molecular formula is C20H23N3O2S. The Bertz CT molecular complexity index is 1040. The van der Waals surface area contributed by atoms with Crippen molar-refractivity contribution in [2.45, 2.75) is 52.1 Å². The molecule has 0 aliphatic heterocycles. The SMILES string of the molecule is Cc1nn(CC(=O)N[C@H]2CCCC[C@@H]2C)c(=O)c2c1sc1ccccc12. The summed E-state index contributed by atoms with van der Waals surface area (Å²) in [6, 6.07) is 8.09. The van der Waals surface area contributed by atoms with Gasteiger partial charge in [0.05, 0.1) is 15.8 Å². The highest BCUT2D eigenvalue weighted by Gasteiger charge is 2.23. The first-order chi connectivity index (χ1) is 12.5. The van der Waals surface area contributed by atoms with E-state index in [0.29, 0.717) is 11.3 Å². The van der Waals surface area contributed by atoms with E-state index in [9.17, 15) is 9.59 Å². The molecule has 3 aromatic rings. The predicted octanol–water partition coefficient (Wildman–Crippen LogP) is 3.61. The Morgan fingerprint density at radius 2 is 2.08 bits per heavy atom. The van der Waals surface area contributed by atoms with Crippen LogP contribution in [0.2, 0.25) is 0 Å². The van der Waals surface area contributed by atoms with Crippen molar-refractivity contribution in [3.05, 3.63) is 40.3 Å². The first-order valence-corrected chi connectivity index (χ1v) is 10.0. The van der Waals surface area contributed by atoms with Crippen LogP contribution in [0.15, 0.2) is 29.1 Å². The summed E-state index contributed by atoms with van der Waals surface area (Å²) < 4.78 is 3.30. The number of nitrogens with one attached hydrogen (secondary N) is 1. The van der Waals surface area contributed by atoms with Gasteiger partial charge in [0.15, 0.2) is 0 Å². The van der Waals surface area contributed by atoms with Crippen LogP contribution in [0.5, 0.6) is 0 Å². The number of amides is 1. The van der Waals surface area contributed by atoms with E-state index in [1.807, 2.05) is 31.2 Å². The van der Waals surface area contributed by atoms with Crippen molar-refractivity contribution in [1.29, 1.82) is 0 Å². The van der Waals surface area contributed by atoms with Gasteiger partial charge in [-0.15, -0.1) is 11.3 Å². The maximum absolute atomic E-state index is 13.0. The standard InChI is InChI=1S/C20H23N3O2S/c1-12-7-3-5-9-15(12)21-17(24)11-23-20(25)18-14-8-4-6-10-16(14)26-19(18)13(2)22-23/h4,6,8,10,12,15H,3,5,7,9,11H2,1-2H3,(H,21,24)/t12-,15-/m0/s1. The number of carbonyl (C=O) groups is 1. The van der Waals surface area contributed by atoms with E-state index in [-0.39, 0.29) is 24.1 Å². The summed E-state index contributed by atoms with van der Waals surface area (Å²) in [7, 11) is 0. The quantitative estimate of drug-likeness (QED) is 0.767.